The molecule has 5 nitrogen and oxygen atoms in total. The van der Waals surface area contributed by atoms with Crippen LogP contribution in [0.25, 0.3) is 0 Å². The highest BCUT2D eigenvalue weighted by Crippen LogP contribution is 2.21. The Balaban J connectivity index is 1.54. The summed E-state index contributed by atoms with van der Waals surface area (Å²) in [6.07, 6.45) is 7.12. The molecule has 3 heterocycles. The first-order valence-corrected chi connectivity index (χ1v) is 5.01. The molecule has 1 fully saturated rings. The predicted octanol–water partition coefficient (Wildman–Crippen LogP) is 0.928. The molecule has 0 atom stereocenters. The minimum absolute atomic E-state index is 0.509. The summed E-state index contributed by atoms with van der Waals surface area (Å²) in [5.74, 6) is 0.786. The highest BCUT2D eigenvalue weighted by atomic mass is 16.3. The number of aromatic nitrogens is 3. The van der Waals surface area contributed by atoms with Crippen LogP contribution in [0.1, 0.15) is 11.9 Å². The van der Waals surface area contributed by atoms with Crippen LogP contribution in [-0.4, -0.2) is 32.8 Å². The smallest absolute Gasteiger partial charge is 0.208 e. The lowest BCUT2D eigenvalue weighted by Gasteiger charge is -2.38. The van der Waals surface area contributed by atoms with Crippen molar-refractivity contribution in [2.75, 3.05) is 13.1 Å². The molecule has 0 N–H and O–H groups in total. The van der Waals surface area contributed by atoms with Crippen molar-refractivity contribution in [3.8, 4) is 0 Å². The van der Waals surface area contributed by atoms with Crippen molar-refractivity contribution in [1.29, 1.82) is 0 Å². The molecule has 0 spiro atoms. The average molecular weight is 204 g/mol. The van der Waals surface area contributed by atoms with Crippen molar-refractivity contribution in [3.05, 3.63) is 36.8 Å². The molecule has 1 aliphatic rings. The molecule has 0 unspecified atom stereocenters. The molecule has 2 aromatic rings. The largest absolute Gasteiger partial charge is 0.448 e. The fraction of sp³-hybridized carbons (Fsp3) is 0.400. The summed E-state index contributed by atoms with van der Waals surface area (Å²) in [5, 5.41) is 4.22. The zero-order chi connectivity index (χ0) is 10.1. The Morgan fingerprint density at radius 3 is 3.00 bits per heavy atom. The van der Waals surface area contributed by atoms with E-state index in [1.807, 2.05) is 23.1 Å². The lowest BCUT2D eigenvalue weighted by Crippen LogP contribution is -2.47. The van der Waals surface area contributed by atoms with Crippen molar-refractivity contribution in [3.63, 3.8) is 0 Å². The van der Waals surface area contributed by atoms with Crippen LogP contribution in [0.2, 0.25) is 0 Å². The summed E-state index contributed by atoms with van der Waals surface area (Å²) < 4.78 is 7.20. The summed E-state index contributed by atoms with van der Waals surface area (Å²) in [6.45, 7) is 2.83. The fourth-order valence-electron chi connectivity index (χ4n) is 1.86. The fourth-order valence-corrected chi connectivity index (χ4v) is 1.86. The van der Waals surface area contributed by atoms with Gasteiger partial charge in [-0.25, -0.2) is 4.98 Å². The summed E-state index contributed by atoms with van der Waals surface area (Å²) in [6, 6.07) is 2.46. The average Bonchev–Trinajstić information content (AvgIpc) is 2.83. The first-order valence-electron chi connectivity index (χ1n) is 5.01. The zero-order valence-corrected chi connectivity index (χ0v) is 8.28. The molecule has 0 amide bonds. The minimum Gasteiger partial charge on any atom is -0.448 e. The SMILES string of the molecule is c1cnn(C2CN(Cc3ncco3)C2)c1. The van der Waals surface area contributed by atoms with Gasteiger partial charge in [-0.3, -0.25) is 9.58 Å². The van der Waals surface area contributed by atoms with E-state index in [-0.39, 0.29) is 0 Å². The third kappa shape index (κ3) is 1.66. The molecule has 0 aromatic carbocycles. The van der Waals surface area contributed by atoms with Gasteiger partial charge in [-0.15, -0.1) is 0 Å². The van der Waals surface area contributed by atoms with Gasteiger partial charge in [0.05, 0.1) is 18.8 Å². The lowest BCUT2D eigenvalue weighted by atomic mass is 10.1. The van der Waals surface area contributed by atoms with E-state index in [2.05, 4.69) is 15.0 Å². The van der Waals surface area contributed by atoms with E-state index in [9.17, 15) is 0 Å². The maximum atomic E-state index is 5.19. The van der Waals surface area contributed by atoms with E-state index in [4.69, 9.17) is 4.42 Å². The van der Waals surface area contributed by atoms with E-state index in [1.165, 1.54) is 0 Å². The van der Waals surface area contributed by atoms with Crippen molar-refractivity contribution < 1.29 is 4.42 Å². The van der Waals surface area contributed by atoms with Crippen LogP contribution in [0.3, 0.4) is 0 Å². The Morgan fingerprint density at radius 1 is 1.40 bits per heavy atom. The first-order chi connectivity index (χ1) is 7.42. The Labute approximate surface area is 87.3 Å². The van der Waals surface area contributed by atoms with Gasteiger partial charge < -0.3 is 4.42 Å². The highest BCUT2D eigenvalue weighted by molar-refractivity contribution is 4.91. The molecular formula is C10H12N4O. The lowest BCUT2D eigenvalue weighted by molar-refractivity contribution is 0.0815. The Morgan fingerprint density at radius 2 is 2.33 bits per heavy atom. The van der Waals surface area contributed by atoms with Gasteiger partial charge in [0, 0.05) is 25.5 Å². The number of hydrogen-bond acceptors (Lipinski definition) is 4. The number of rotatable bonds is 3. The summed E-state index contributed by atoms with van der Waals surface area (Å²) in [7, 11) is 0. The molecule has 0 aliphatic carbocycles. The van der Waals surface area contributed by atoms with Crippen LogP contribution in [-0.2, 0) is 6.54 Å². The zero-order valence-electron chi connectivity index (χ0n) is 8.28. The van der Waals surface area contributed by atoms with Gasteiger partial charge in [0.15, 0.2) is 0 Å². The molecule has 0 bridgehead atoms. The number of hydrogen-bond donors (Lipinski definition) is 0. The highest BCUT2D eigenvalue weighted by Gasteiger charge is 2.28. The second kappa shape index (κ2) is 3.51. The monoisotopic (exact) mass is 204 g/mol. The van der Waals surface area contributed by atoms with Gasteiger partial charge in [0.2, 0.25) is 5.89 Å². The van der Waals surface area contributed by atoms with Gasteiger partial charge in [0.1, 0.15) is 6.26 Å². The normalized spacial score (nSPS) is 17.9. The van der Waals surface area contributed by atoms with Gasteiger partial charge >= 0.3 is 0 Å². The molecule has 0 radical (unpaired) electrons. The Kier molecular flexibility index (Phi) is 2.03. The molecule has 5 heteroatoms. The van der Waals surface area contributed by atoms with E-state index >= 15 is 0 Å². The van der Waals surface area contributed by atoms with E-state index in [0.29, 0.717) is 6.04 Å². The van der Waals surface area contributed by atoms with Crippen LogP contribution in [0.15, 0.2) is 35.3 Å². The molecule has 1 saturated heterocycles. The van der Waals surface area contributed by atoms with Crippen molar-refractivity contribution >= 4 is 0 Å². The van der Waals surface area contributed by atoms with E-state index in [0.717, 1.165) is 25.5 Å². The van der Waals surface area contributed by atoms with Crippen molar-refractivity contribution in [2.24, 2.45) is 0 Å². The van der Waals surface area contributed by atoms with Crippen molar-refractivity contribution in [2.45, 2.75) is 12.6 Å². The standard InChI is InChI=1S/C10H12N4O/c1-2-12-14(4-1)9-6-13(7-9)8-10-11-3-5-15-10/h1-5,9H,6-8H2. The first kappa shape index (κ1) is 8.67. The second-order valence-electron chi connectivity index (χ2n) is 3.76. The third-order valence-electron chi connectivity index (χ3n) is 2.68. The Hall–Kier alpha value is -1.62. The Bertz CT molecular complexity index is 403. The van der Waals surface area contributed by atoms with Crippen LogP contribution in [0.4, 0.5) is 0 Å². The molecule has 78 valence electrons. The van der Waals surface area contributed by atoms with Crippen molar-refractivity contribution in [1.82, 2.24) is 19.7 Å². The molecule has 1 aliphatic heterocycles. The van der Waals surface area contributed by atoms with Gasteiger partial charge in [-0.2, -0.15) is 5.10 Å². The van der Waals surface area contributed by atoms with E-state index < -0.39 is 0 Å². The predicted molar refractivity (Wildman–Crippen MR) is 53.0 cm³/mol. The van der Waals surface area contributed by atoms with E-state index in [1.54, 1.807) is 12.5 Å². The van der Waals surface area contributed by atoms with Crippen LogP contribution >= 0.6 is 0 Å². The van der Waals surface area contributed by atoms with Gasteiger partial charge in [0.25, 0.3) is 0 Å². The van der Waals surface area contributed by atoms with Gasteiger partial charge in [-0.1, -0.05) is 0 Å². The topological polar surface area (TPSA) is 47.1 Å². The molecule has 0 saturated carbocycles. The summed E-state index contributed by atoms with van der Waals surface area (Å²) >= 11 is 0. The molecule has 15 heavy (non-hydrogen) atoms. The maximum Gasteiger partial charge on any atom is 0.208 e. The van der Waals surface area contributed by atoms with Gasteiger partial charge in [-0.05, 0) is 6.07 Å². The molecular weight excluding hydrogens is 192 g/mol. The number of oxazole rings is 1. The molecule has 2 aromatic heterocycles. The number of nitrogens with zero attached hydrogens (tertiary/aromatic N) is 4. The summed E-state index contributed by atoms with van der Waals surface area (Å²) in [4.78, 5) is 6.38. The molecule has 3 rings (SSSR count). The maximum absolute atomic E-state index is 5.19. The van der Waals surface area contributed by atoms with Crippen LogP contribution in [0.5, 0.6) is 0 Å². The minimum atomic E-state index is 0.509. The van der Waals surface area contributed by atoms with Crippen LogP contribution < -0.4 is 0 Å². The summed E-state index contributed by atoms with van der Waals surface area (Å²) in [5.41, 5.74) is 0. The quantitative estimate of drug-likeness (QED) is 0.746. The second-order valence-corrected chi connectivity index (χ2v) is 3.76. The number of likely N-dealkylation sites (tertiary alicyclic amines) is 1. The van der Waals surface area contributed by atoms with Crippen LogP contribution in [0, 0.1) is 0 Å². The third-order valence-corrected chi connectivity index (χ3v) is 2.68.